The largest absolute Gasteiger partial charge is 0.326 e. The predicted molar refractivity (Wildman–Crippen MR) is 94.1 cm³/mol. The summed E-state index contributed by atoms with van der Waals surface area (Å²) in [5.41, 5.74) is 4.62. The lowest BCUT2D eigenvalue weighted by Crippen LogP contribution is -2.02. The molecule has 0 spiro atoms. The fourth-order valence-electron chi connectivity index (χ4n) is 3.46. The molecule has 4 aromatic heterocycles. The third-order valence-corrected chi connectivity index (χ3v) is 4.71. The van der Waals surface area contributed by atoms with Crippen LogP contribution in [0, 0.1) is 0 Å². The maximum atomic E-state index is 4.90. The zero-order chi connectivity index (χ0) is 17.0. The first-order valence-corrected chi connectivity index (χ1v) is 8.66. The Morgan fingerprint density at radius 1 is 1.04 bits per heavy atom. The summed E-state index contributed by atoms with van der Waals surface area (Å²) >= 11 is 0. The van der Waals surface area contributed by atoms with Crippen molar-refractivity contribution >= 4 is 5.65 Å². The third-order valence-electron chi connectivity index (χ3n) is 4.71. The average Bonchev–Trinajstić information content (AvgIpc) is 3.35. The molecule has 5 rings (SSSR count). The molecule has 0 amide bonds. The Hall–Kier alpha value is -2.96. The van der Waals surface area contributed by atoms with Crippen molar-refractivity contribution in [2.75, 3.05) is 0 Å². The maximum absolute atomic E-state index is 4.90. The number of hydrogen-bond donors (Lipinski definition) is 0. The van der Waals surface area contributed by atoms with Gasteiger partial charge in [-0.05, 0) is 38.5 Å². The molecule has 7 heteroatoms. The van der Waals surface area contributed by atoms with Crippen LogP contribution < -0.4 is 0 Å². The van der Waals surface area contributed by atoms with Gasteiger partial charge in [0.2, 0.25) is 0 Å². The van der Waals surface area contributed by atoms with Gasteiger partial charge in [0.15, 0.2) is 5.65 Å². The van der Waals surface area contributed by atoms with Crippen LogP contribution >= 0.6 is 0 Å². The topological polar surface area (TPSA) is 65.8 Å². The van der Waals surface area contributed by atoms with E-state index in [1.54, 1.807) is 10.7 Å². The summed E-state index contributed by atoms with van der Waals surface area (Å²) in [6.07, 6.45) is 7.78. The molecule has 0 atom stereocenters. The van der Waals surface area contributed by atoms with Gasteiger partial charge in [0, 0.05) is 37.6 Å². The Balaban J connectivity index is 1.71. The standard InChI is InChI=1S/C18H19N7/c1-12(2)24-10-7-13(21-24)17-18(23-9-3-4-16(23)20-17)14-5-6-15-19-8-11-25(15)22-14/h5-8,10-12H,3-4,9H2,1-2H3. The van der Waals surface area contributed by atoms with E-state index < -0.39 is 0 Å². The molecule has 0 aliphatic carbocycles. The molecule has 0 saturated heterocycles. The van der Waals surface area contributed by atoms with E-state index in [0.717, 1.165) is 53.6 Å². The third kappa shape index (κ3) is 2.19. The van der Waals surface area contributed by atoms with Crippen molar-refractivity contribution in [2.45, 2.75) is 39.3 Å². The van der Waals surface area contributed by atoms with Gasteiger partial charge in [-0.15, -0.1) is 0 Å². The van der Waals surface area contributed by atoms with Gasteiger partial charge in [0.25, 0.3) is 0 Å². The Labute approximate surface area is 145 Å². The van der Waals surface area contributed by atoms with Gasteiger partial charge < -0.3 is 4.57 Å². The number of imidazole rings is 2. The lowest BCUT2D eigenvalue weighted by Gasteiger charge is -2.07. The van der Waals surface area contributed by atoms with E-state index in [2.05, 4.69) is 23.4 Å². The predicted octanol–water partition coefficient (Wildman–Crippen LogP) is 2.98. The Morgan fingerprint density at radius 2 is 1.96 bits per heavy atom. The van der Waals surface area contributed by atoms with Crippen LogP contribution in [0.4, 0.5) is 0 Å². The van der Waals surface area contributed by atoms with Crippen molar-refractivity contribution in [3.63, 3.8) is 0 Å². The van der Waals surface area contributed by atoms with Gasteiger partial charge >= 0.3 is 0 Å². The smallest absolute Gasteiger partial charge is 0.153 e. The molecule has 25 heavy (non-hydrogen) atoms. The van der Waals surface area contributed by atoms with Gasteiger partial charge in [-0.25, -0.2) is 14.5 Å². The summed E-state index contributed by atoms with van der Waals surface area (Å²) in [7, 11) is 0. The summed E-state index contributed by atoms with van der Waals surface area (Å²) in [5.74, 6) is 1.12. The molecule has 0 fully saturated rings. The highest BCUT2D eigenvalue weighted by atomic mass is 15.3. The van der Waals surface area contributed by atoms with Crippen molar-refractivity contribution in [3.05, 3.63) is 42.6 Å². The molecule has 0 bridgehead atoms. The van der Waals surface area contributed by atoms with Crippen molar-refractivity contribution in [3.8, 4) is 22.8 Å². The van der Waals surface area contributed by atoms with Gasteiger partial charge in [-0.3, -0.25) is 4.68 Å². The Kier molecular flexibility index (Phi) is 3.03. The molecular weight excluding hydrogens is 314 g/mol. The summed E-state index contributed by atoms with van der Waals surface area (Å²) in [5, 5.41) is 9.47. The van der Waals surface area contributed by atoms with Crippen molar-refractivity contribution in [1.29, 1.82) is 0 Å². The maximum Gasteiger partial charge on any atom is 0.153 e. The van der Waals surface area contributed by atoms with Crippen molar-refractivity contribution in [1.82, 2.24) is 33.9 Å². The molecule has 0 saturated carbocycles. The van der Waals surface area contributed by atoms with Gasteiger partial charge in [-0.2, -0.15) is 10.2 Å². The molecule has 126 valence electrons. The number of nitrogens with zero attached hydrogens (tertiary/aromatic N) is 7. The SMILES string of the molecule is CC(C)n1ccc(-c2nc3n(c2-c2ccc4nccn4n2)CCC3)n1. The van der Waals surface area contributed by atoms with Crippen LogP contribution in [0.2, 0.25) is 0 Å². The summed E-state index contributed by atoms with van der Waals surface area (Å²) in [6.45, 7) is 5.23. The van der Waals surface area contributed by atoms with Crippen LogP contribution in [-0.4, -0.2) is 33.9 Å². The fourth-order valence-corrected chi connectivity index (χ4v) is 3.46. The number of fused-ring (bicyclic) bond motifs is 2. The molecule has 1 aliphatic rings. The van der Waals surface area contributed by atoms with E-state index in [1.165, 1.54) is 0 Å². The molecule has 7 nitrogen and oxygen atoms in total. The van der Waals surface area contributed by atoms with E-state index >= 15 is 0 Å². The summed E-state index contributed by atoms with van der Waals surface area (Å²) in [4.78, 5) is 9.18. The first kappa shape index (κ1) is 14.4. The van der Waals surface area contributed by atoms with E-state index in [9.17, 15) is 0 Å². The summed E-state index contributed by atoms with van der Waals surface area (Å²) < 4.78 is 6.06. The molecule has 0 aromatic carbocycles. The van der Waals surface area contributed by atoms with E-state index in [0.29, 0.717) is 6.04 Å². The number of aromatic nitrogens is 7. The van der Waals surface area contributed by atoms with Crippen LogP contribution in [0.15, 0.2) is 36.8 Å². The highest BCUT2D eigenvalue weighted by molar-refractivity contribution is 5.75. The van der Waals surface area contributed by atoms with Crippen LogP contribution in [-0.2, 0) is 13.0 Å². The zero-order valence-corrected chi connectivity index (χ0v) is 14.3. The second kappa shape index (κ2) is 5.27. The van der Waals surface area contributed by atoms with Crippen molar-refractivity contribution in [2.24, 2.45) is 0 Å². The molecular formula is C18H19N7. The number of hydrogen-bond acceptors (Lipinski definition) is 4. The van der Waals surface area contributed by atoms with E-state index in [-0.39, 0.29) is 0 Å². The van der Waals surface area contributed by atoms with Crippen LogP contribution in [0.3, 0.4) is 0 Å². The van der Waals surface area contributed by atoms with Gasteiger partial charge in [0.05, 0.1) is 5.69 Å². The summed E-state index contributed by atoms with van der Waals surface area (Å²) in [6, 6.07) is 6.38. The van der Waals surface area contributed by atoms with Crippen LogP contribution in [0.25, 0.3) is 28.4 Å². The second-order valence-electron chi connectivity index (χ2n) is 6.70. The molecule has 1 aliphatic heterocycles. The van der Waals surface area contributed by atoms with Crippen LogP contribution in [0.1, 0.15) is 32.1 Å². The molecule has 0 radical (unpaired) electrons. The normalized spacial score (nSPS) is 13.9. The monoisotopic (exact) mass is 333 g/mol. The van der Waals surface area contributed by atoms with Crippen molar-refractivity contribution < 1.29 is 0 Å². The quantitative estimate of drug-likeness (QED) is 0.578. The number of aryl methyl sites for hydroxylation is 1. The minimum Gasteiger partial charge on any atom is -0.326 e. The Bertz CT molecular complexity index is 1070. The Morgan fingerprint density at radius 3 is 2.80 bits per heavy atom. The first-order chi connectivity index (χ1) is 12.2. The highest BCUT2D eigenvalue weighted by Crippen LogP contribution is 2.34. The molecule has 5 heterocycles. The lowest BCUT2D eigenvalue weighted by molar-refractivity contribution is 0.534. The minimum atomic E-state index is 0.326. The zero-order valence-electron chi connectivity index (χ0n) is 14.3. The fraction of sp³-hybridized carbons (Fsp3) is 0.333. The van der Waals surface area contributed by atoms with Gasteiger partial charge in [0.1, 0.15) is 22.9 Å². The van der Waals surface area contributed by atoms with Gasteiger partial charge in [-0.1, -0.05) is 0 Å². The highest BCUT2D eigenvalue weighted by Gasteiger charge is 2.25. The van der Waals surface area contributed by atoms with Crippen LogP contribution in [0.5, 0.6) is 0 Å². The minimum absolute atomic E-state index is 0.326. The number of rotatable bonds is 3. The molecule has 0 unspecified atom stereocenters. The lowest BCUT2D eigenvalue weighted by atomic mass is 10.2. The first-order valence-electron chi connectivity index (χ1n) is 8.66. The van der Waals surface area contributed by atoms with E-state index in [1.807, 2.05) is 35.3 Å². The van der Waals surface area contributed by atoms with E-state index in [4.69, 9.17) is 15.2 Å². The average molecular weight is 333 g/mol. The second-order valence-corrected chi connectivity index (χ2v) is 6.70. The molecule has 0 N–H and O–H groups in total. The molecule has 4 aromatic rings.